The molecule has 4 rings (SSSR count). The largest absolute Gasteiger partial charge is 0.368 e. The van der Waals surface area contributed by atoms with Crippen LogP contribution in [0.2, 0.25) is 0 Å². The highest BCUT2D eigenvalue weighted by Gasteiger charge is 2.24. The molecule has 1 radical (unpaired) electrons. The number of benzene rings is 3. The minimum Gasteiger partial charge on any atom is -0.368 e. The summed E-state index contributed by atoms with van der Waals surface area (Å²) < 4.78 is 0. The Labute approximate surface area is 181 Å². The minimum atomic E-state index is 0.0742. The lowest BCUT2D eigenvalue weighted by Gasteiger charge is -2.36. The van der Waals surface area contributed by atoms with Crippen LogP contribution in [-0.2, 0) is 4.79 Å². The minimum absolute atomic E-state index is 0.0742. The van der Waals surface area contributed by atoms with Crippen LogP contribution in [0.3, 0.4) is 0 Å². The standard InChI is InChI=1S/C25H23N2O2S/c1-30-22-12-8-20(9-13-22)23-4-2-3-5-24(23)25(29)27-16-14-26(15-17-27)21-10-6-19(18-28)7-11-21/h2-13H,14-17H2,1H3. The Morgan fingerprint density at radius 1 is 0.867 bits per heavy atom. The van der Waals surface area contributed by atoms with Gasteiger partial charge in [0.05, 0.1) is 0 Å². The Bertz CT molecular complexity index is 1020. The van der Waals surface area contributed by atoms with Gasteiger partial charge in [0.2, 0.25) is 6.29 Å². The molecule has 0 aliphatic carbocycles. The summed E-state index contributed by atoms with van der Waals surface area (Å²) in [6, 6.07) is 23.6. The van der Waals surface area contributed by atoms with E-state index < -0.39 is 0 Å². The first-order valence-corrected chi connectivity index (χ1v) is 11.2. The van der Waals surface area contributed by atoms with E-state index >= 15 is 0 Å². The number of thioether (sulfide) groups is 1. The molecule has 151 valence electrons. The average Bonchev–Trinajstić information content (AvgIpc) is 2.84. The quantitative estimate of drug-likeness (QED) is 0.576. The molecule has 4 nitrogen and oxygen atoms in total. The molecule has 1 aliphatic heterocycles. The number of hydrogen-bond donors (Lipinski definition) is 0. The van der Waals surface area contributed by atoms with Gasteiger partial charge in [0, 0.05) is 47.9 Å². The average molecular weight is 416 g/mol. The van der Waals surface area contributed by atoms with E-state index in [1.807, 2.05) is 47.6 Å². The van der Waals surface area contributed by atoms with Gasteiger partial charge in [-0.2, -0.15) is 0 Å². The van der Waals surface area contributed by atoms with Crippen LogP contribution < -0.4 is 4.90 Å². The number of rotatable bonds is 5. The number of carbonyl (C=O) groups excluding carboxylic acids is 2. The molecular weight excluding hydrogens is 392 g/mol. The third-order valence-electron chi connectivity index (χ3n) is 5.48. The molecule has 1 amide bonds. The van der Waals surface area contributed by atoms with E-state index in [1.54, 1.807) is 23.9 Å². The first-order chi connectivity index (χ1) is 14.7. The van der Waals surface area contributed by atoms with Crippen molar-refractivity contribution in [1.82, 2.24) is 4.90 Å². The first-order valence-electron chi connectivity index (χ1n) is 9.95. The molecule has 3 aromatic rings. The van der Waals surface area contributed by atoms with Gasteiger partial charge < -0.3 is 9.80 Å². The topological polar surface area (TPSA) is 40.6 Å². The summed E-state index contributed by atoms with van der Waals surface area (Å²) in [7, 11) is 0. The molecule has 5 heteroatoms. The van der Waals surface area contributed by atoms with Gasteiger partial charge in [-0.15, -0.1) is 11.8 Å². The number of anilines is 1. The summed E-state index contributed by atoms with van der Waals surface area (Å²) in [4.78, 5) is 29.4. The van der Waals surface area contributed by atoms with E-state index in [2.05, 4.69) is 35.4 Å². The van der Waals surface area contributed by atoms with Gasteiger partial charge in [-0.1, -0.05) is 30.3 Å². The van der Waals surface area contributed by atoms with Gasteiger partial charge in [-0.25, -0.2) is 0 Å². The Hall–Kier alpha value is -3.05. The zero-order valence-electron chi connectivity index (χ0n) is 16.9. The van der Waals surface area contributed by atoms with Gasteiger partial charge in [-0.3, -0.25) is 9.59 Å². The number of carbonyl (C=O) groups is 1. The van der Waals surface area contributed by atoms with Crippen molar-refractivity contribution in [3.05, 3.63) is 83.9 Å². The lowest BCUT2D eigenvalue weighted by Crippen LogP contribution is -2.48. The highest BCUT2D eigenvalue weighted by Crippen LogP contribution is 2.27. The zero-order chi connectivity index (χ0) is 20.9. The number of amides is 1. The molecule has 1 heterocycles. The van der Waals surface area contributed by atoms with Gasteiger partial charge in [0.1, 0.15) is 0 Å². The second kappa shape index (κ2) is 9.18. The zero-order valence-corrected chi connectivity index (χ0v) is 17.7. The van der Waals surface area contributed by atoms with Crippen molar-refractivity contribution in [3.8, 4) is 11.1 Å². The van der Waals surface area contributed by atoms with Crippen molar-refractivity contribution in [3.63, 3.8) is 0 Å². The smallest absolute Gasteiger partial charge is 0.254 e. The molecule has 0 spiro atoms. The van der Waals surface area contributed by atoms with Crippen molar-refractivity contribution in [1.29, 1.82) is 0 Å². The van der Waals surface area contributed by atoms with Crippen LogP contribution in [0.1, 0.15) is 15.9 Å². The van der Waals surface area contributed by atoms with Crippen LogP contribution >= 0.6 is 11.8 Å². The maximum Gasteiger partial charge on any atom is 0.254 e. The molecule has 1 fully saturated rings. The van der Waals surface area contributed by atoms with Crippen LogP contribution in [0.25, 0.3) is 11.1 Å². The molecule has 0 aromatic heterocycles. The second-order valence-corrected chi connectivity index (χ2v) is 8.08. The van der Waals surface area contributed by atoms with Crippen molar-refractivity contribution >= 4 is 29.6 Å². The molecule has 0 N–H and O–H groups in total. The summed E-state index contributed by atoms with van der Waals surface area (Å²) in [5.74, 6) is 0.0742. The van der Waals surface area contributed by atoms with Crippen molar-refractivity contribution in [2.75, 3.05) is 37.3 Å². The van der Waals surface area contributed by atoms with Crippen molar-refractivity contribution in [2.24, 2.45) is 0 Å². The van der Waals surface area contributed by atoms with E-state index in [0.717, 1.165) is 35.5 Å². The van der Waals surface area contributed by atoms with Gasteiger partial charge in [0.25, 0.3) is 5.91 Å². The third-order valence-corrected chi connectivity index (χ3v) is 6.22. The molecule has 3 aromatic carbocycles. The molecule has 0 atom stereocenters. The number of nitrogens with zero attached hydrogens (tertiary/aromatic N) is 2. The summed E-state index contributed by atoms with van der Waals surface area (Å²) in [5, 5.41) is 0. The summed E-state index contributed by atoms with van der Waals surface area (Å²) in [6.45, 7) is 2.86. The SMILES string of the molecule is CSc1ccc(-c2ccccc2C(=O)N2CCN(c3ccc([C]=O)cc3)CC2)cc1. The Morgan fingerprint density at radius 2 is 1.53 bits per heavy atom. The molecule has 1 saturated heterocycles. The maximum absolute atomic E-state index is 13.3. The lowest BCUT2D eigenvalue weighted by atomic mass is 9.98. The predicted molar refractivity (Wildman–Crippen MR) is 123 cm³/mol. The molecular formula is C25H23N2O2S. The summed E-state index contributed by atoms with van der Waals surface area (Å²) >= 11 is 1.71. The van der Waals surface area contributed by atoms with Gasteiger partial charge >= 0.3 is 0 Å². The van der Waals surface area contributed by atoms with Crippen LogP contribution in [0.5, 0.6) is 0 Å². The summed E-state index contributed by atoms with van der Waals surface area (Å²) in [6.07, 6.45) is 3.96. The van der Waals surface area contributed by atoms with Crippen LogP contribution in [-0.4, -0.2) is 49.5 Å². The highest BCUT2D eigenvalue weighted by atomic mass is 32.2. The fraction of sp³-hybridized carbons (Fsp3) is 0.200. The lowest BCUT2D eigenvalue weighted by molar-refractivity contribution is 0.0747. The fourth-order valence-electron chi connectivity index (χ4n) is 3.77. The van der Waals surface area contributed by atoms with E-state index in [1.165, 1.54) is 4.90 Å². The van der Waals surface area contributed by atoms with Gasteiger partial charge in [0.15, 0.2) is 0 Å². The Morgan fingerprint density at radius 3 is 2.17 bits per heavy atom. The van der Waals surface area contributed by atoms with Crippen LogP contribution in [0.15, 0.2) is 77.7 Å². The number of piperazine rings is 1. The normalized spacial score (nSPS) is 13.9. The molecule has 0 saturated carbocycles. The molecule has 0 bridgehead atoms. The van der Waals surface area contributed by atoms with Crippen molar-refractivity contribution < 1.29 is 9.59 Å². The third kappa shape index (κ3) is 4.26. The van der Waals surface area contributed by atoms with E-state index in [-0.39, 0.29) is 5.91 Å². The molecule has 30 heavy (non-hydrogen) atoms. The second-order valence-electron chi connectivity index (χ2n) is 7.20. The summed E-state index contributed by atoms with van der Waals surface area (Å²) in [5.41, 5.74) is 4.39. The fourth-order valence-corrected chi connectivity index (χ4v) is 4.18. The maximum atomic E-state index is 13.3. The van der Waals surface area contributed by atoms with Crippen LogP contribution in [0, 0.1) is 0 Å². The molecule has 0 unspecified atom stereocenters. The van der Waals surface area contributed by atoms with Crippen molar-refractivity contribution in [2.45, 2.75) is 4.90 Å². The van der Waals surface area contributed by atoms with E-state index in [9.17, 15) is 9.59 Å². The first kappa shape index (κ1) is 20.2. The predicted octanol–water partition coefficient (Wildman–Crippen LogP) is 4.50. The van der Waals surface area contributed by atoms with E-state index in [0.29, 0.717) is 18.7 Å². The Kier molecular flexibility index (Phi) is 6.19. The highest BCUT2D eigenvalue weighted by molar-refractivity contribution is 7.98. The number of hydrogen-bond acceptors (Lipinski definition) is 4. The van der Waals surface area contributed by atoms with Crippen LogP contribution in [0.4, 0.5) is 5.69 Å². The Balaban J connectivity index is 1.48. The molecule has 1 aliphatic rings. The van der Waals surface area contributed by atoms with E-state index in [4.69, 9.17) is 0 Å². The van der Waals surface area contributed by atoms with Gasteiger partial charge in [-0.05, 0) is 59.8 Å². The monoisotopic (exact) mass is 415 g/mol.